The van der Waals surface area contributed by atoms with Crippen LogP contribution in [0.15, 0.2) is 53.7 Å². The van der Waals surface area contributed by atoms with Gasteiger partial charge in [-0.1, -0.05) is 0 Å². The summed E-state index contributed by atoms with van der Waals surface area (Å²) in [5.41, 5.74) is 3.51. The van der Waals surface area contributed by atoms with Crippen molar-refractivity contribution in [3.63, 3.8) is 0 Å². The Balaban J connectivity index is 1.57. The van der Waals surface area contributed by atoms with Gasteiger partial charge < -0.3 is 5.32 Å². The van der Waals surface area contributed by atoms with Crippen molar-refractivity contribution < 1.29 is 0 Å². The second-order valence-corrected chi connectivity index (χ2v) is 6.56. The number of anilines is 2. The minimum atomic E-state index is 0.511. The van der Waals surface area contributed by atoms with Crippen molar-refractivity contribution in [3.8, 4) is 16.9 Å². The van der Waals surface area contributed by atoms with Gasteiger partial charge in [0.15, 0.2) is 0 Å². The Morgan fingerprint density at radius 2 is 1.88 bits per heavy atom. The Morgan fingerprint density at radius 3 is 2.54 bits per heavy atom. The first-order chi connectivity index (χ1) is 12.6. The number of aromatic nitrogens is 7. The highest BCUT2D eigenvalue weighted by Gasteiger charge is 2.10. The van der Waals surface area contributed by atoms with Crippen LogP contribution in [0.2, 0.25) is 0 Å². The van der Waals surface area contributed by atoms with Crippen LogP contribution < -0.4 is 5.32 Å². The molecule has 0 amide bonds. The Hall–Kier alpha value is -3.07. The Bertz CT molecular complexity index is 1050. The van der Waals surface area contributed by atoms with Gasteiger partial charge in [-0.15, -0.1) is 0 Å². The van der Waals surface area contributed by atoms with Crippen LogP contribution in [-0.4, -0.2) is 34.5 Å². The van der Waals surface area contributed by atoms with E-state index >= 15 is 0 Å². The van der Waals surface area contributed by atoms with E-state index in [2.05, 4.69) is 46.4 Å². The first-order valence-corrected chi connectivity index (χ1v) is 8.65. The van der Waals surface area contributed by atoms with Crippen molar-refractivity contribution in [2.75, 3.05) is 5.32 Å². The van der Waals surface area contributed by atoms with Crippen LogP contribution in [0.3, 0.4) is 0 Å². The highest BCUT2D eigenvalue weighted by Crippen LogP contribution is 2.27. The minimum Gasteiger partial charge on any atom is -0.324 e. The van der Waals surface area contributed by atoms with Crippen LogP contribution >= 0.6 is 15.9 Å². The van der Waals surface area contributed by atoms with Gasteiger partial charge in [0.2, 0.25) is 5.95 Å². The van der Waals surface area contributed by atoms with Gasteiger partial charge in [-0.3, -0.25) is 4.68 Å². The van der Waals surface area contributed by atoms with Gasteiger partial charge in [-0.25, -0.2) is 19.6 Å². The zero-order chi connectivity index (χ0) is 18.1. The fraction of sp³-hybridized carbons (Fsp3) is 0.118. The van der Waals surface area contributed by atoms with E-state index in [9.17, 15) is 0 Å². The van der Waals surface area contributed by atoms with E-state index in [-0.39, 0.29) is 0 Å². The molecule has 4 rings (SSSR count). The molecule has 0 aliphatic rings. The monoisotopic (exact) mass is 410 g/mol. The number of nitrogens with one attached hydrogen (secondary N) is 1. The lowest BCUT2D eigenvalue weighted by Gasteiger charge is -2.08. The van der Waals surface area contributed by atoms with Crippen molar-refractivity contribution in [1.29, 1.82) is 0 Å². The first-order valence-electron chi connectivity index (χ1n) is 7.86. The molecule has 3 aromatic heterocycles. The summed E-state index contributed by atoms with van der Waals surface area (Å²) in [7, 11) is 1.87. The molecule has 9 heteroatoms. The lowest BCUT2D eigenvalue weighted by molar-refractivity contribution is 0.768. The van der Waals surface area contributed by atoms with E-state index in [1.54, 1.807) is 28.1 Å². The number of halogens is 1. The third kappa shape index (κ3) is 3.33. The smallest absolute Gasteiger partial charge is 0.227 e. The standard InChI is InChI=1S/C17H15BrN8/c1-11-20-10-26(24-11)14-5-3-13(4-6-14)22-17-19-8-15(18)16(23-17)12-7-21-25(2)9-12/h3-10H,1-2H3,(H,19,22,23). The predicted octanol–water partition coefficient (Wildman–Crippen LogP) is 3.27. The molecule has 0 aliphatic heterocycles. The molecule has 0 atom stereocenters. The lowest BCUT2D eigenvalue weighted by atomic mass is 10.2. The molecule has 0 aliphatic carbocycles. The molecule has 0 bridgehead atoms. The van der Waals surface area contributed by atoms with Crippen molar-refractivity contribution >= 4 is 27.6 Å². The fourth-order valence-corrected chi connectivity index (χ4v) is 2.89. The summed E-state index contributed by atoms with van der Waals surface area (Å²) < 4.78 is 4.28. The maximum Gasteiger partial charge on any atom is 0.227 e. The summed E-state index contributed by atoms with van der Waals surface area (Å²) in [6.07, 6.45) is 7.09. The number of aryl methyl sites for hydroxylation is 2. The highest BCUT2D eigenvalue weighted by molar-refractivity contribution is 9.10. The fourth-order valence-electron chi connectivity index (χ4n) is 2.47. The first kappa shape index (κ1) is 16.4. The summed E-state index contributed by atoms with van der Waals surface area (Å²) in [6, 6.07) is 7.80. The number of hydrogen-bond acceptors (Lipinski definition) is 6. The molecule has 26 heavy (non-hydrogen) atoms. The molecule has 130 valence electrons. The van der Waals surface area contributed by atoms with Crippen LogP contribution in [0.5, 0.6) is 0 Å². The van der Waals surface area contributed by atoms with E-state index in [4.69, 9.17) is 0 Å². The molecule has 0 radical (unpaired) electrons. The average Bonchev–Trinajstić information content (AvgIpc) is 3.26. The van der Waals surface area contributed by atoms with Crippen LogP contribution in [0.1, 0.15) is 5.82 Å². The second kappa shape index (κ2) is 6.68. The molecule has 1 N–H and O–H groups in total. The van der Waals surface area contributed by atoms with Crippen molar-refractivity contribution in [3.05, 3.63) is 59.5 Å². The summed E-state index contributed by atoms with van der Waals surface area (Å²) in [5, 5.41) is 11.7. The van der Waals surface area contributed by atoms with Crippen LogP contribution in [0.25, 0.3) is 16.9 Å². The molecule has 0 fully saturated rings. The van der Waals surface area contributed by atoms with Crippen molar-refractivity contribution in [2.45, 2.75) is 6.92 Å². The quantitative estimate of drug-likeness (QED) is 0.555. The molecule has 0 unspecified atom stereocenters. The van der Waals surface area contributed by atoms with Crippen molar-refractivity contribution in [2.24, 2.45) is 7.05 Å². The third-order valence-electron chi connectivity index (χ3n) is 3.72. The van der Waals surface area contributed by atoms with Crippen LogP contribution in [0, 0.1) is 6.92 Å². The molecule has 1 aromatic carbocycles. The highest BCUT2D eigenvalue weighted by atomic mass is 79.9. The summed E-state index contributed by atoms with van der Waals surface area (Å²) >= 11 is 3.49. The van der Waals surface area contributed by atoms with Crippen molar-refractivity contribution in [1.82, 2.24) is 34.5 Å². The van der Waals surface area contributed by atoms with Gasteiger partial charge in [0.1, 0.15) is 12.2 Å². The molecule has 4 aromatic rings. The normalized spacial score (nSPS) is 10.9. The average molecular weight is 411 g/mol. The number of nitrogens with zero attached hydrogens (tertiary/aromatic N) is 7. The van der Waals surface area contributed by atoms with Crippen LogP contribution in [0.4, 0.5) is 11.6 Å². The van der Waals surface area contributed by atoms with Gasteiger partial charge in [0.25, 0.3) is 0 Å². The minimum absolute atomic E-state index is 0.511. The van der Waals surface area contributed by atoms with E-state index in [0.717, 1.165) is 32.9 Å². The largest absolute Gasteiger partial charge is 0.324 e. The number of benzene rings is 1. The van der Waals surface area contributed by atoms with Gasteiger partial charge in [-0.2, -0.15) is 10.2 Å². The van der Waals surface area contributed by atoms with E-state index in [1.807, 2.05) is 44.4 Å². The Kier molecular flexibility index (Phi) is 4.21. The second-order valence-electron chi connectivity index (χ2n) is 5.70. The molecule has 3 heterocycles. The topological polar surface area (TPSA) is 86.3 Å². The third-order valence-corrected chi connectivity index (χ3v) is 4.30. The zero-order valence-electron chi connectivity index (χ0n) is 14.1. The zero-order valence-corrected chi connectivity index (χ0v) is 15.7. The van der Waals surface area contributed by atoms with E-state index in [1.165, 1.54) is 0 Å². The summed E-state index contributed by atoms with van der Waals surface area (Å²) in [6.45, 7) is 1.86. The predicted molar refractivity (Wildman–Crippen MR) is 101 cm³/mol. The van der Waals surface area contributed by atoms with E-state index in [0.29, 0.717) is 5.95 Å². The Labute approximate surface area is 158 Å². The molecule has 0 spiro atoms. The molecule has 0 saturated carbocycles. The SMILES string of the molecule is Cc1ncn(-c2ccc(Nc3ncc(Br)c(-c4cnn(C)c4)n3)cc2)n1. The van der Waals surface area contributed by atoms with E-state index < -0.39 is 0 Å². The number of rotatable bonds is 4. The lowest BCUT2D eigenvalue weighted by Crippen LogP contribution is -2.00. The van der Waals surface area contributed by atoms with Crippen LogP contribution in [-0.2, 0) is 7.05 Å². The van der Waals surface area contributed by atoms with Gasteiger partial charge in [-0.05, 0) is 47.1 Å². The summed E-state index contributed by atoms with van der Waals surface area (Å²) in [4.78, 5) is 13.0. The molecule has 8 nitrogen and oxygen atoms in total. The molecule has 0 saturated heterocycles. The van der Waals surface area contributed by atoms with Gasteiger partial charge >= 0.3 is 0 Å². The molecular weight excluding hydrogens is 396 g/mol. The Morgan fingerprint density at radius 1 is 1.08 bits per heavy atom. The molecular formula is C17H15BrN8. The maximum absolute atomic E-state index is 4.59. The van der Waals surface area contributed by atoms with Gasteiger partial charge in [0.05, 0.1) is 22.1 Å². The maximum atomic E-state index is 4.59. The number of hydrogen-bond donors (Lipinski definition) is 1. The summed E-state index contributed by atoms with van der Waals surface area (Å²) in [5.74, 6) is 1.25. The van der Waals surface area contributed by atoms with Gasteiger partial charge in [0, 0.05) is 30.7 Å².